The van der Waals surface area contributed by atoms with Crippen LogP contribution < -0.4 is 5.73 Å². The molecule has 3 heteroatoms. The third-order valence-corrected chi connectivity index (χ3v) is 3.69. The Kier molecular flexibility index (Phi) is 6.32. The Morgan fingerprint density at radius 1 is 1.31 bits per heavy atom. The van der Waals surface area contributed by atoms with Gasteiger partial charge < -0.3 is 15.7 Å². The van der Waals surface area contributed by atoms with E-state index in [1.54, 1.807) is 0 Å². The lowest BCUT2D eigenvalue weighted by Gasteiger charge is -2.27. The molecule has 0 saturated heterocycles. The predicted octanol–water partition coefficient (Wildman–Crippen LogP) is 1.60. The Bertz CT molecular complexity index is 185. The van der Waals surface area contributed by atoms with Gasteiger partial charge in [-0.3, -0.25) is 0 Å². The molecular weight excluding hydrogens is 200 g/mol. The van der Waals surface area contributed by atoms with Gasteiger partial charge in [0.1, 0.15) is 0 Å². The largest absolute Gasteiger partial charge is 0.393 e. The standard InChI is InChI=1S/C13H28N2O/c1-11(16)8-9-15(2)10-12-6-4-3-5-7-13(12)14/h11-13,16H,3-10,14H2,1-2H3. The van der Waals surface area contributed by atoms with E-state index in [0.29, 0.717) is 12.0 Å². The van der Waals surface area contributed by atoms with Gasteiger partial charge in [-0.15, -0.1) is 0 Å². The zero-order valence-electron chi connectivity index (χ0n) is 10.9. The second-order valence-corrected chi connectivity index (χ2v) is 5.46. The first kappa shape index (κ1) is 13.9. The van der Waals surface area contributed by atoms with Crippen molar-refractivity contribution >= 4 is 0 Å². The van der Waals surface area contributed by atoms with Crippen molar-refractivity contribution in [2.75, 3.05) is 20.1 Å². The van der Waals surface area contributed by atoms with Crippen molar-refractivity contribution in [2.24, 2.45) is 11.7 Å². The van der Waals surface area contributed by atoms with Crippen molar-refractivity contribution in [2.45, 2.75) is 57.6 Å². The Morgan fingerprint density at radius 3 is 2.69 bits per heavy atom. The van der Waals surface area contributed by atoms with Gasteiger partial charge in [0.25, 0.3) is 0 Å². The fraction of sp³-hybridized carbons (Fsp3) is 1.00. The maximum Gasteiger partial charge on any atom is 0.0524 e. The van der Waals surface area contributed by atoms with Crippen LogP contribution in [0.15, 0.2) is 0 Å². The van der Waals surface area contributed by atoms with E-state index in [1.807, 2.05) is 6.92 Å². The minimum Gasteiger partial charge on any atom is -0.393 e. The smallest absolute Gasteiger partial charge is 0.0524 e. The first-order valence-corrected chi connectivity index (χ1v) is 6.71. The molecule has 1 fully saturated rings. The normalized spacial score (nSPS) is 29.1. The average Bonchev–Trinajstić information content (AvgIpc) is 2.42. The van der Waals surface area contributed by atoms with Crippen LogP contribution in [-0.4, -0.2) is 42.3 Å². The third kappa shape index (κ3) is 5.28. The fourth-order valence-electron chi connectivity index (χ4n) is 2.54. The molecule has 3 nitrogen and oxygen atoms in total. The molecule has 0 aromatic carbocycles. The van der Waals surface area contributed by atoms with E-state index < -0.39 is 0 Å². The number of aliphatic hydroxyl groups is 1. The van der Waals surface area contributed by atoms with Crippen LogP contribution in [0.3, 0.4) is 0 Å². The molecule has 0 aromatic rings. The lowest BCUT2D eigenvalue weighted by Crippen LogP contribution is -2.38. The summed E-state index contributed by atoms with van der Waals surface area (Å²) in [6.45, 7) is 3.92. The van der Waals surface area contributed by atoms with Gasteiger partial charge in [0, 0.05) is 19.1 Å². The van der Waals surface area contributed by atoms with Gasteiger partial charge in [-0.25, -0.2) is 0 Å². The van der Waals surface area contributed by atoms with Gasteiger partial charge in [0.2, 0.25) is 0 Å². The van der Waals surface area contributed by atoms with Crippen LogP contribution in [0.4, 0.5) is 0 Å². The van der Waals surface area contributed by atoms with Crippen LogP contribution >= 0.6 is 0 Å². The molecule has 3 atom stereocenters. The van der Waals surface area contributed by atoms with Crippen molar-refractivity contribution in [3.8, 4) is 0 Å². The zero-order chi connectivity index (χ0) is 12.0. The minimum absolute atomic E-state index is 0.190. The summed E-state index contributed by atoms with van der Waals surface area (Å²) in [7, 11) is 2.14. The first-order valence-electron chi connectivity index (χ1n) is 6.71. The summed E-state index contributed by atoms with van der Waals surface area (Å²) in [5.74, 6) is 0.654. The highest BCUT2D eigenvalue weighted by Crippen LogP contribution is 2.22. The minimum atomic E-state index is -0.190. The van der Waals surface area contributed by atoms with Gasteiger partial charge in [-0.1, -0.05) is 19.3 Å². The topological polar surface area (TPSA) is 49.5 Å². The van der Waals surface area contributed by atoms with Crippen molar-refractivity contribution in [3.05, 3.63) is 0 Å². The Morgan fingerprint density at radius 2 is 2.00 bits per heavy atom. The summed E-state index contributed by atoms with van der Waals surface area (Å²) in [5, 5.41) is 9.25. The second kappa shape index (κ2) is 7.25. The molecule has 1 aliphatic carbocycles. The number of aliphatic hydroxyl groups excluding tert-OH is 1. The lowest BCUT2D eigenvalue weighted by atomic mass is 9.95. The van der Waals surface area contributed by atoms with Crippen LogP contribution in [0.2, 0.25) is 0 Å². The first-order chi connectivity index (χ1) is 7.59. The van der Waals surface area contributed by atoms with Crippen LogP contribution in [-0.2, 0) is 0 Å². The van der Waals surface area contributed by atoms with Gasteiger partial charge in [0.05, 0.1) is 6.10 Å². The highest BCUT2D eigenvalue weighted by molar-refractivity contribution is 4.78. The van der Waals surface area contributed by atoms with Crippen molar-refractivity contribution in [1.82, 2.24) is 4.90 Å². The quantitative estimate of drug-likeness (QED) is 0.703. The number of nitrogens with zero attached hydrogens (tertiary/aromatic N) is 1. The SMILES string of the molecule is CC(O)CCN(C)CC1CCCCCC1N. The summed E-state index contributed by atoms with van der Waals surface area (Å²) >= 11 is 0. The summed E-state index contributed by atoms with van der Waals surface area (Å²) < 4.78 is 0. The molecule has 1 aliphatic rings. The van der Waals surface area contributed by atoms with Crippen LogP contribution in [0.5, 0.6) is 0 Å². The highest BCUT2D eigenvalue weighted by Gasteiger charge is 2.21. The van der Waals surface area contributed by atoms with Crippen LogP contribution in [0.25, 0.3) is 0 Å². The van der Waals surface area contributed by atoms with Crippen LogP contribution in [0, 0.1) is 5.92 Å². The molecule has 3 N–H and O–H groups in total. The zero-order valence-corrected chi connectivity index (χ0v) is 10.9. The molecule has 0 bridgehead atoms. The number of rotatable bonds is 5. The van der Waals surface area contributed by atoms with E-state index in [9.17, 15) is 5.11 Å². The number of hydrogen-bond donors (Lipinski definition) is 2. The lowest BCUT2D eigenvalue weighted by molar-refractivity contribution is 0.155. The molecule has 0 aromatic heterocycles. The van der Waals surface area contributed by atoms with E-state index in [0.717, 1.165) is 19.5 Å². The number of hydrogen-bond acceptors (Lipinski definition) is 3. The van der Waals surface area contributed by atoms with Gasteiger partial charge >= 0.3 is 0 Å². The molecule has 0 amide bonds. The Labute approximate surface area is 100 Å². The molecule has 0 heterocycles. The monoisotopic (exact) mass is 228 g/mol. The number of nitrogens with two attached hydrogens (primary N) is 1. The Balaban J connectivity index is 2.27. The van der Waals surface area contributed by atoms with Gasteiger partial charge in [-0.2, -0.15) is 0 Å². The fourth-order valence-corrected chi connectivity index (χ4v) is 2.54. The summed E-state index contributed by atoms with van der Waals surface area (Å²) in [6, 6.07) is 0.386. The van der Waals surface area contributed by atoms with Gasteiger partial charge in [0.15, 0.2) is 0 Å². The van der Waals surface area contributed by atoms with E-state index in [-0.39, 0.29) is 6.10 Å². The second-order valence-electron chi connectivity index (χ2n) is 5.46. The predicted molar refractivity (Wildman–Crippen MR) is 68.3 cm³/mol. The van der Waals surface area contributed by atoms with E-state index in [4.69, 9.17) is 5.73 Å². The molecule has 1 saturated carbocycles. The van der Waals surface area contributed by atoms with Crippen molar-refractivity contribution in [3.63, 3.8) is 0 Å². The van der Waals surface area contributed by atoms with Crippen LogP contribution in [0.1, 0.15) is 45.4 Å². The summed E-state index contributed by atoms with van der Waals surface area (Å²) in [6.07, 6.45) is 7.12. The molecule has 3 unspecified atom stereocenters. The van der Waals surface area contributed by atoms with Gasteiger partial charge in [-0.05, 0) is 39.2 Å². The Hall–Kier alpha value is -0.120. The summed E-state index contributed by atoms with van der Waals surface area (Å²) in [5.41, 5.74) is 6.21. The maximum atomic E-state index is 9.25. The molecule has 96 valence electrons. The molecule has 0 radical (unpaired) electrons. The molecule has 1 rings (SSSR count). The summed E-state index contributed by atoms with van der Waals surface area (Å²) in [4.78, 5) is 2.32. The molecule has 0 aliphatic heterocycles. The van der Waals surface area contributed by atoms with E-state index in [2.05, 4.69) is 11.9 Å². The highest BCUT2D eigenvalue weighted by atomic mass is 16.3. The van der Waals surface area contributed by atoms with E-state index >= 15 is 0 Å². The van der Waals surface area contributed by atoms with Crippen molar-refractivity contribution < 1.29 is 5.11 Å². The molecular formula is C13H28N2O. The van der Waals surface area contributed by atoms with Crippen molar-refractivity contribution in [1.29, 1.82) is 0 Å². The third-order valence-electron chi connectivity index (χ3n) is 3.69. The molecule has 16 heavy (non-hydrogen) atoms. The maximum absolute atomic E-state index is 9.25. The van der Waals surface area contributed by atoms with E-state index in [1.165, 1.54) is 32.1 Å². The average molecular weight is 228 g/mol. The molecule has 0 spiro atoms.